The smallest absolute Gasteiger partial charge is 0.231 e. The van der Waals surface area contributed by atoms with Gasteiger partial charge in [0.2, 0.25) is 5.91 Å². The normalized spacial score (nSPS) is 27.3. The van der Waals surface area contributed by atoms with E-state index in [0.29, 0.717) is 24.5 Å². The number of nitrogens with two attached hydrogens (primary N) is 1. The van der Waals surface area contributed by atoms with E-state index in [2.05, 4.69) is 31.0 Å². The van der Waals surface area contributed by atoms with E-state index in [1.165, 1.54) is 0 Å². The van der Waals surface area contributed by atoms with Crippen LogP contribution >= 0.6 is 0 Å². The summed E-state index contributed by atoms with van der Waals surface area (Å²) in [5.41, 5.74) is 5.29. The number of carbonyl (C=O) groups excluding carboxylic acids is 1. The average molecular weight is 213 g/mol. The third-order valence-electron chi connectivity index (χ3n) is 3.17. The van der Waals surface area contributed by atoms with Crippen LogP contribution in [0.25, 0.3) is 0 Å². The van der Waals surface area contributed by atoms with E-state index in [9.17, 15) is 4.79 Å². The average Bonchev–Trinajstić information content (AvgIpc) is 2.15. The summed E-state index contributed by atoms with van der Waals surface area (Å²) in [6.45, 7) is 8.93. The minimum atomic E-state index is -0.227. The zero-order valence-electron chi connectivity index (χ0n) is 9.99. The quantitative estimate of drug-likeness (QED) is 0.700. The van der Waals surface area contributed by atoms with E-state index in [0.717, 1.165) is 19.5 Å². The number of amides is 1. The van der Waals surface area contributed by atoms with Crippen molar-refractivity contribution in [2.75, 3.05) is 19.6 Å². The molecule has 0 aromatic rings. The van der Waals surface area contributed by atoms with Gasteiger partial charge in [0.15, 0.2) is 0 Å². The fourth-order valence-corrected chi connectivity index (χ4v) is 2.36. The molecule has 88 valence electrons. The SMILES string of the molecule is CC1CNCCC1N(CC(N)=O)C(C)C. The van der Waals surface area contributed by atoms with Crippen LogP contribution in [0.4, 0.5) is 0 Å². The number of hydrogen-bond donors (Lipinski definition) is 2. The van der Waals surface area contributed by atoms with Gasteiger partial charge in [0, 0.05) is 12.1 Å². The van der Waals surface area contributed by atoms with Gasteiger partial charge in [-0.1, -0.05) is 6.92 Å². The fraction of sp³-hybridized carbons (Fsp3) is 0.909. The van der Waals surface area contributed by atoms with Crippen molar-refractivity contribution in [2.24, 2.45) is 11.7 Å². The molecule has 0 aliphatic carbocycles. The maximum Gasteiger partial charge on any atom is 0.231 e. The van der Waals surface area contributed by atoms with Crippen molar-refractivity contribution in [2.45, 2.75) is 39.3 Å². The Balaban J connectivity index is 2.64. The highest BCUT2D eigenvalue weighted by Crippen LogP contribution is 2.19. The van der Waals surface area contributed by atoms with Gasteiger partial charge in [-0.3, -0.25) is 9.69 Å². The highest BCUT2D eigenvalue weighted by atomic mass is 16.1. The van der Waals surface area contributed by atoms with Crippen LogP contribution in [0, 0.1) is 5.92 Å². The molecule has 1 fully saturated rings. The van der Waals surface area contributed by atoms with Gasteiger partial charge in [0.25, 0.3) is 0 Å². The second-order valence-corrected chi connectivity index (χ2v) is 4.77. The predicted molar refractivity (Wildman–Crippen MR) is 61.5 cm³/mol. The van der Waals surface area contributed by atoms with Crippen molar-refractivity contribution in [1.82, 2.24) is 10.2 Å². The molecule has 0 bridgehead atoms. The van der Waals surface area contributed by atoms with Crippen LogP contribution in [0.3, 0.4) is 0 Å². The van der Waals surface area contributed by atoms with Gasteiger partial charge >= 0.3 is 0 Å². The molecule has 2 atom stereocenters. The first-order valence-electron chi connectivity index (χ1n) is 5.77. The molecule has 1 saturated heterocycles. The highest BCUT2D eigenvalue weighted by Gasteiger charge is 2.29. The molecule has 0 radical (unpaired) electrons. The van der Waals surface area contributed by atoms with Gasteiger partial charge in [0.1, 0.15) is 0 Å². The Morgan fingerprint density at radius 2 is 2.27 bits per heavy atom. The zero-order chi connectivity index (χ0) is 11.4. The lowest BCUT2D eigenvalue weighted by Gasteiger charge is -2.40. The summed E-state index contributed by atoms with van der Waals surface area (Å²) < 4.78 is 0. The number of piperidine rings is 1. The lowest BCUT2D eigenvalue weighted by atomic mass is 9.92. The molecule has 2 unspecified atom stereocenters. The summed E-state index contributed by atoms with van der Waals surface area (Å²) in [4.78, 5) is 13.3. The van der Waals surface area contributed by atoms with Crippen LogP contribution in [-0.2, 0) is 4.79 Å². The summed E-state index contributed by atoms with van der Waals surface area (Å²) in [5.74, 6) is 0.356. The van der Waals surface area contributed by atoms with Gasteiger partial charge in [-0.2, -0.15) is 0 Å². The van der Waals surface area contributed by atoms with Crippen LogP contribution in [0.2, 0.25) is 0 Å². The molecular formula is C11H23N3O. The summed E-state index contributed by atoms with van der Waals surface area (Å²) >= 11 is 0. The lowest BCUT2D eigenvalue weighted by Crippen LogP contribution is -2.53. The van der Waals surface area contributed by atoms with E-state index in [1.807, 2.05) is 0 Å². The third-order valence-corrected chi connectivity index (χ3v) is 3.17. The Morgan fingerprint density at radius 1 is 1.60 bits per heavy atom. The molecule has 3 N–H and O–H groups in total. The number of nitrogens with zero attached hydrogens (tertiary/aromatic N) is 1. The minimum Gasteiger partial charge on any atom is -0.369 e. The van der Waals surface area contributed by atoms with Crippen LogP contribution in [0.1, 0.15) is 27.2 Å². The standard InChI is InChI=1S/C11H23N3O/c1-8(2)14(7-11(12)15)10-4-5-13-6-9(10)3/h8-10,13H,4-7H2,1-3H3,(H2,12,15). The van der Waals surface area contributed by atoms with Crippen molar-refractivity contribution in [3.8, 4) is 0 Å². The fourth-order valence-electron chi connectivity index (χ4n) is 2.36. The predicted octanol–water partition coefficient (Wildman–Crippen LogP) is 0.180. The molecule has 1 aliphatic heterocycles. The molecule has 1 aliphatic rings. The Morgan fingerprint density at radius 3 is 2.73 bits per heavy atom. The van der Waals surface area contributed by atoms with E-state index in [-0.39, 0.29) is 5.91 Å². The molecule has 0 saturated carbocycles. The van der Waals surface area contributed by atoms with Crippen molar-refractivity contribution in [3.05, 3.63) is 0 Å². The third kappa shape index (κ3) is 3.47. The first-order chi connectivity index (χ1) is 7.02. The molecule has 4 heteroatoms. The van der Waals surface area contributed by atoms with Crippen LogP contribution < -0.4 is 11.1 Å². The first kappa shape index (κ1) is 12.5. The number of primary amides is 1. The summed E-state index contributed by atoms with van der Waals surface area (Å²) in [6.07, 6.45) is 1.10. The van der Waals surface area contributed by atoms with Gasteiger partial charge in [-0.15, -0.1) is 0 Å². The maximum atomic E-state index is 11.0. The largest absolute Gasteiger partial charge is 0.369 e. The maximum absolute atomic E-state index is 11.0. The molecule has 15 heavy (non-hydrogen) atoms. The van der Waals surface area contributed by atoms with Gasteiger partial charge in [-0.05, 0) is 39.3 Å². The van der Waals surface area contributed by atoms with E-state index in [1.54, 1.807) is 0 Å². The van der Waals surface area contributed by atoms with E-state index < -0.39 is 0 Å². The Hall–Kier alpha value is -0.610. The molecule has 0 aromatic carbocycles. The minimum absolute atomic E-state index is 0.227. The van der Waals surface area contributed by atoms with E-state index in [4.69, 9.17) is 5.73 Å². The number of carbonyl (C=O) groups is 1. The number of hydrogen-bond acceptors (Lipinski definition) is 3. The molecule has 1 heterocycles. The Labute approximate surface area is 92.2 Å². The second-order valence-electron chi connectivity index (χ2n) is 4.77. The van der Waals surface area contributed by atoms with Crippen molar-refractivity contribution < 1.29 is 4.79 Å². The van der Waals surface area contributed by atoms with Crippen molar-refractivity contribution in [1.29, 1.82) is 0 Å². The van der Waals surface area contributed by atoms with Crippen molar-refractivity contribution >= 4 is 5.91 Å². The number of nitrogens with one attached hydrogen (secondary N) is 1. The lowest BCUT2D eigenvalue weighted by molar-refractivity contribution is -0.120. The number of rotatable bonds is 4. The van der Waals surface area contributed by atoms with Crippen molar-refractivity contribution in [3.63, 3.8) is 0 Å². The van der Waals surface area contributed by atoms with Gasteiger partial charge in [0.05, 0.1) is 6.54 Å². The second kappa shape index (κ2) is 5.47. The molecular weight excluding hydrogens is 190 g/mol. The molecule has 0 spiro atoms. The van der Waals surface area contributed by atoms with Crippen LogP contribution in [0.15, 0.2) is 0 Å². The topological polar surface area (TPSA) is 58.4 Å². The highest BCUT2D eigenvalue weighted by molar-refractivity contribution is 5.76. The first-order valence-corrected chi connectivity index (χ1v) is 5.77. The van der Waals surface area contributed by atoms with Crippen LogP contribution in [-0.4, -0.2) is 42.5 Å². The molecule has 1 amide bonds. The summed E-state index contributed by atoms with van der Waals surface area (Å²) in [6, 6.07) is 0.863. The van der Waals surface area contributed by atoms with Gasteiger partial charge in [-0.25, -0.2) is 0 Å². The monoisotopic (exact) mass is 213 g/mol. The molecule has 1 rings (SSSR count). The van der Waals surface area contributed by atoms with Crippen LogP contribution in [0.5, 0.6) is 0 Å². The van der Waals surface area contributed by atoms with Gasteiger partial charge < -0.3 is 11.1 Å². The zero-order valence-corrected chi connectivity index (χ0v) is 9.99. The summed E-state index contributed by atoms with van der Waals surface area (Å²) in [7, 11) is 0. The summed E-state index contributed by atoms with van der Waals surface area (Å²) in [5, 5.41) is 3.37. The Kier molecular flexibility index (Phi) is 4.54. The van der Waals surface area contributed by atoms with E-state index >= 15 is 0 Å². The molecule has 0 aromatic heterocycles. The molecule has 4 nitrogen and oxygen atoms in total. The Bertz CT molecular complexity index is 218.